The van der Waals surface area contributed by atoms with Crippen LogP contribution in [0, 0.1) is 21.4 Å². The van der Waals surface area contributed by atoms with E-state index in [1.807, 2.05) is 0 Å². The fourth-order valence-electron chi connectivity index (χ4n) is 1.00. The Balaban J connectivity index is 3.05. The number of nitro groups is 1. The molecule has 1 aromatic heterocycles. The van der Waals surface area contributed by atoms with Crippen LogP contribution >= 0.6 is 11.6 Å². The lowest BCUT2D eigenvalue weighted by Gasteiger charge is -2.06. The van der Waals surface area contributed by atoms with Crippen LogP contribution in [0.3, 0.4) is 0 Å². The van der Waals surface area contributed by atoms with E-state index in [0.29, 0.717) is 0 Å². The van der Waals surface area contributed by atoms with E-state index in [1.54, 1.807) is 6.07 Å². The summed E-state index contributed by atoms with van der Waals surface area (Å²) in [5, 5.41) is 21.2. The average Bonchev–Trinajstić information content (AvgIpc) is 2.28. The van der Waals surface area contributed by atoms with Crippen LogP contribution < -0.4 is 5.32 Å². The highest BCUT2D eigenvalue weighted by molar-refractivity contribution is 6.32. The number of halogens is 1. The first-order chi connectivity index (χ1) is 7.95. The van der Waals surface area contributed by atoms with E-state index < -0.39 is 16.9 Å². The Labute approximate surface area is 101 Å². The van der Waals surface area contributed by atoms with E-state index in [-0.39, 0.29) is 16.4 Å². The van der Waals surface area contributed by atoms with Crippen molar-refractivity contribution in [2.75, 3.05) is 0 Å². The molecule has 1 atom stereocenters. The lowest BCUT2D eigenvalue weighted by molar-refractivity contribution is -0.385. The zero-order chi connectivity index (χ0) is 13.0. The summed E-state index contributed by atoms with van der Waals surface area (Å²) in [5.74, 6) is -0.680. The second kappa shape index (κ2) is 5.23. The third-order valence-corrected chi connectivity index (χ3v) is 2.12. The van der Waals surface area contributed by atoms with Crippen molar-refractivity contribution in [1.29, 1.82) is 5.26 Å². The molecular weight excluding hydrogens is 248 g/mol. The van der Waals surface area contributed by atoms with Gasteiger partial charge in [0.25, 0.3) is 11.6 Å². The highest BCUT2D eigenvalue weighted by Crippen LogP contribution is 2.18. The van der Waals surface area contributed by atoms with E-state index in [4.69, 9.17) is 16.9 Å². The van der Waals surface area contributed by atoms with Crippen molar-refractivity contribution in [3.63, 3.8) is 0 Å². The molecular formula is C9H7ClN4O3. The number of hydrogen-bond donors (Lipinski definition) is 1. The molecule has 0 aliphatic carbocycles. The van der Waals surface area contributed by atoms with E-state index in [9.17, 15) is 14.9 Å². The Kier molecular flexibility index (Phi) is 3.96. The van der Waals surface area contributed by atoms with Crippen LogP contribution in [-0.2, 0) is 0 Å². The predicted molar refractivity (Wildman–Crippen MR) is 58.4 cm³/mol. The van der Waals surface area contributed by atoms with Crippen molar-refractivity contribution in [1.82, 2.24) is 10.3 Å². The minimum Gasteiger partial charge on any atom is -0.336 e. The van der Waals surface area contributed by atoms with Gasteiger partial charge in [0.15, 0.2) is 0 Å². The Morgan fingerprint density at radius 3 is 2.94 bits per heavy atom. The summed E-state index contributed by atoms with van der Waals surface area (Å²) in [7, 11) is 0. The van der Waals surface area contributed by atoms with Gasteiger partial charge in [-0.15, -0.1) is 0 Å². The first-order valence-electron chi connectivity index (χ1n) is 4.46. The molecule has 0 aromatic carbocycles. The lowest BCUT2D eigenvalue weighted by atomic mass is 10.2. The molecule has 0 aliphatic rings. The maximum absolute atomic E-state index is 11.6. The van der Waals surface area contributed by atoms with E-state index in [1.165, 1.54) is 6.92 Å². The Morgan fingerprint density at radius 1 is 1.76 bits per heavy atom. The fraction of sp³-hybridized carbons (Fsp3) is 0.222. The molecule has 1 rings (SSSR count). The van der Waals surface area contributed by atoms with E-state index >= 15 is 0 Å². The highest BCUT2D eigenvalue weighted by atomic mass is 35.5. The summed E-state index contributed by atoms with van der Waals surface area (Å²) in [5.41, 5.74) is -0.480. The molecule has 0 aliphatic heterocycles. The van der Waals surface area contributed by atoms with Gasteiger partial charge in [0.1, 0.15) is 17.4 Å². The van der Waals surface area contributed by atoms with Crippen molar-refractivity contribution >= 4 is 23.2 Å². The summed E-state index contributed by atoms with van der Waals surface area (Å²) in [4.78, 5) is 25.0. The van der Waals surface area contributed by atoms with Crippen molar-refractivity contribution in [3.8, 4) is 6.07 Å². The predicted octanol–water partition coefficient (Wildman–Crippen LogP) is 1.29. The van der Waals surface area contributed by atoms with Gasteiger partial charge in [0.05, 0.1) is 16.6 Å². The third-order valence-electron chi connectivity index (χ3n) is 1.82. The van der Waals surface area contributed by atoms with Crippen LogP contribution in [0.15, 0.2) is 12.3 Å². The molecule has 0 fully saturated rings. The van der Waals surface area contributed by atoms with Crippen molar-refractivity contribution < 1.29 is 9.72 Å². The minimum absolute atomic E-state index is 0.136. The van der Waals surface area contributed by atoms with Gasteiger partial charge in [-0.2, -0.15) is 5.26 Å². The molecule has 1 heterocycles. The standard InChI is InChI=1S/C9H7ClN4O3/c1-5(3-11)13-9(15)7-2-6(14(16)17)4-12-8(7)10/h2,4-5H,1H3,(H,13,15). The number of carbonyl (C=O) groups excluding carboxylic acids is 1. The smallest absolute Gasteiger partial charge is 0.288 e. The molecule has 1 aromatic rings. The molecule has 0 radical (unpaired) electrons. The monoisotopic (exact) mass is 254 g/mol. The Bertz CT molecular complexity index is 511. The largest absolute Gasteiger partial charge is 0.336 e. The summed E-state index contributed by atoms with van der Waals surface area (Å²) < 4.78 is 0. The van der Waals surface area contributed by atoms with Gasteiger partial charge in [0, 0.05) is 6.07 Å². The Morgan fingerprint density at radius 2 is 2.41 bits per heavy atom. The quantitative estimate of drug-likeness (QED) is 0.496. The van der Waals surface area contributed by atoms with Gasteiger partial charge in [-0.05, 0) is 6.92 Å². The number of aromatic nitrogens is 1. The molecule has 0 bridgehead atoms. The zero-order valence-corrected chi connectivity index (χ0v) is 9.43. The molecule has 0 spiro atoms. The first kappa shape index (κ1) is 12.9. The molecule has 1 N–H and O–H groups in total. The zero-order valence-electron chi connectivity index (χ0n) is 8.68. The van der Waals surface area contributed by atoms with Crippen molar-refractivity contribution in [2.24, 2.45) is 0 Å². The molecule has 0 saturated carbocycles. The number of rotatable bonds is 3. The fourth-order valence-corrected chi connectivity index (χ4v) is 1.19. The molecule has 7 nitrogen and oxygen atoms in total. The van der Waals surface area contributed by atoms with Crippen LogP contribution in [0.1, 0.15) is 17.3 Å². The number of nitrogens with zero attached hydrogens (tertiary/aromatic N) is 3. The van der Waals surface area contributed by atoms with Gasteiger partial charge in [-0.1, -0.05) is 11.6 Å². The molecule has 0 saturated heterocycles. The third kappa shape index (κ3) is 3.12. The van der Waals surface area contributed by atoms with Crippen LogP contribution in [0.2, 0.25) is 5.15 Å². The van der Waals surface area contributed by atoms with Gasteiger partial charge < -0.3 is 5.32 Å². The topological polar surface area (TPSA) is 109 Å². The number of hydrogen-bond acceptors (Lipinski definition) is 5. The molecule has 88 valence electrons. The molecule has 1 amide bonds. The van der Waals surface area contributed by atoms with Crippen LogP contribution in [0.4, 0.5) is 5.69 Å². The van der Waals surface area contributed by atoms with E-state index in [2.05, 4.69) is 10.3 Å². The SMILES string of the molecule is CC(C#N)NC(=O)c1cc([N+](=O)[O-])cnc1Cl. The van der Waals surface area contributed by atoms with Gasteiger partial charge in [-0.25, -0.2) is 4.98 Å². The summed E-state index contributed by atoms with van der Waals surface area (Å²) in [6.07, 6.45) is 0.951. The molecule has 8 heteroatoms. The number of amides is 1. The van der Waals surface area contributed by atoms with Crippen LogP contribution in [-0.4, -0.2) is 21.9 Å². The number of pyridine rings is 1. The van der Waals surface area contributed by atoms with Gasteiger partial charge in [0.2, 0.25) is 0 Å². The minimum atomic E-state index is -0.724. The average molecular weight is 255 g/mol. The van der Waals surface area contributed by atoms with Crippen molar-refractivity contribution in [2.45, 2.75) is 13.0 Å². The van der Waals surface area contributed by atoms with Gasteiger partial charge >= 0.3 is 0 Å². The second-order valence-electron chi connectivity index (χ2n) is 3.11. The Hall–Kier alpha value is -2.20. The number of nitriles is 1. The maximum atomic E-state index is 11.6. The molecule has 1 unspecified atom stereocenters. The summed E-state index contributed by atoms with van der Waals surface area (Å²) in [6, 6.07) is 2.08. The van der Waals surface area contributed by atoms with E-state index in [0.717, 1.165) is 12.3 Å². The number of nitrogens with one attached hydrogen (secondary N) is 1. The second-order valence-corrected chi connectivity index (χ2v) is 3.47. The number of carbonyl (C=O) groups is 1. The lowest BCUT2D eigenvalue weighted by Crippen LogP contribution is -2.31. The summed E-state index contributed by atoms with van der Waals surface area (Å²) in [6.45, 7) is 1.47. The van der Waals surface area contributed by atoms with Crippen LogP contribution in [0.5, 0.6) is 0 Å². The normalized spacial score (nSPS) is 11.4. The first-order valence-corrected chi connectivity index (χ1v) is 4.84. The summed E-state index contributed by atoms with van der Waals surface area (Å²) >= 11 is 5.64. The molecule has 17 heavy (non-hydrogen) atoms. The van der Waals surface area contributed by atoms with Crippen LogP contribution in [0.25, 0.3) is 0 Å². The highest BCUT2D eigenvalue weighted by Gasteiger charge is 2.18. The van der Waals surface area contributed by atoms with Gasteiger partial charge in [-0.3, -0.25) is 14.9 Å². The maximum Gasteiger partial charge on any atom is 0.288 e. The van der Waals surface area contributed by atoms with Crippen molar-refractivity contribution in [3.05, 3.63) is 33.1 Å².